The van der Waals surface area contributed by atoms with Crippen LogP contribution in [0, 0.1) is 0 Å². The van der Waals surface area contributed by atoms with Gasteiger partial charge in [0.25, 0.3) is 0 Å². The maximum Gasteiger partial charge on any atom is 0.317 e. The number of amides is 2. The van der Waals surface area contributed by atoms with Gasteiger partial charge >= 0.3 is 6.03 Å². The lowest BCUT2D eigenvalue weighted by molar-refractivity contribution is -0.0386. The second-order valence-electron chi connectivity index (χ2n) is 3.42. The van der Waals surface area contributed by atoms with Gasteiger partial charge < -0.3 is 15.7 Å². The van der Waals surface area contributed by atoms with Gasteiger partial charge in [-0.2, -0.15) is 0 Å². The first kappa shape index (κ1) is 6.91. The van der Waals surface area contributed by atoms with Crippen LogP contribution in [0.2, 0.25) is 0 Å². The molecule has 1 aliphatic carbocycles. The highest BCUT2D eigenvalue weighted by molar-refractivity contribution is 5.76. The molecule has 1 saturated heterocycles. The highest BCUT2D eigenvalue weighted by Gasteiger charge is 2.40. The zero-order valence-corrected chi connectivity index (χ0v) is 6.26. The molecular formula is C7H12N2O2. The molecular weight excluding hydrogens is 144 g/mol. The van der Waals surface area contributed by atoms with Crippen LogP contribution in [0.5, 0.6) is 0 Å². The van der Waals surface area contributed by atoms with Crippen LogP contribution in [0.4, 0.5) is 4.79 Å². The molecule has 0 radical (unpaired) electrons. The number of hydrogen-bond acceptors (Lipinski definition) is 2. The quantitative estimate of drug-likeness (QED) is 0.459. The molecule has 1 heterocycles. The van der Waals surface area contributed by atoms with Gasteiger partial charge in [-0.3, -0.25) is 0 Å². The fraction of sp³-hybridized carbons (Fsp3) is 0.857. The summed E-state index contributed by atoms with van der Waals surface area (Å²) in [4.78, 5) is 10.9. The van der Waals surface area contributed by atoms with Crippen molar-refractivity contribution in [3.8, 4) is 0 Å². The summed E-state index contributed by atoms with van der Waals surface area (Å²) in [6, 6.07) is -0.0500. The van der Waals surface area contributed by atoms with Crippen molar-refractivity contribution in [1.82, 2.24) is 10.6 Å². The molecule has 1 aliphatic heterocycles. The minimum atomic E-state index is -0.911. The molecule has 2 unspecified atom stereocenters. The highest BCUT2D eigenvalue weighted by Crippen LogP contribution is 2.28. The van der Waals surface area contributed by atoms with Gasteiger partial charge in [0.1, 0.15) is 5.72 Å². The fourth-order valence-electron chi connectivity index (χ4n) is 1.92. The van der Waals surface area contributed by atoms with Crippen LogP contribution in [0.1, 0.15) is 25.7 Å². The van der Waals surface area contributed by atoms with E-state index in [1.807, 2.05) is 0 Å². The van der Waals surface area contributed by atoms with Crippen LogP contribution in [-0.4, -0.2) is 22.9 Å². The van der Waals surface area contributed by atoms with E-state index in [0.717, 1.165) is 12.8 Å². The number of carbonyl (C=O) groups is 1. The third-order valence-corrected chi connectivity index (χ3v) is 2.41. The van der Waals surface area contributed by atoms with Crippen molar-refractivity contribution >= 4 is 6.03 Å². The molecule has 0 aromatic rings. The first-order chi connectivity index (χ1) is 5.18. The Kier molecular flexibility index (Phi) is 1.32. The number of aliphatic hydroxyl groups is 1. The Morgan fingerprint density at radius 2 is 2.45 bits per heavy atom. The number of carbonyl (C=O) groups excluding carboxylic acids is 1. The lowest BCUT2D eigenvalue weighted by Crippen LogP contribution is -2.64. The normalized spacial score (nSPS) is 42.6. The molecule has 11 heavy (non-hydrogen) atoms. The monoisotopic (exact) mass is 156 g/mol. The molecule has 2 bridgehead atoms. The molecule has 0 spiro atoms. The third kappa shape index (κ3) is 1.18. The number of nitrogens with one attached hydrogen (secondary N) is 2. The van der Waals surface area contributed by atoms with E-state index in [9.17, 15) is 9.90 Å². The van der Waals surface area contributed by atoms with E-state index in [-0.39, 0.29) is 12.1 Å². The minimum absolute atomic E-state index is 0.183. The lowest BCUT2D eigenvalue weighted by atomic mass is 9.86. The Morgan fingerprint density at radius 3 is 3.18 bits per heavy atom. The first-order valence-electron chi connectivity index (χ1n) is 3.99. The molecule has 4 heteroatoms. The summed E-state index contributed by atoms with van der Waals surface area (Å²) in [5.41, 5.74) is -0.911. The standard InChI is InChI=1S/C7H12N2O2/c10-6-8-5-2-1-3-7(11,4-5)9-6/h5,11H,1-4H2,(H2,8,9,10). The van der Waals surface area contributed by atoms with Crippen molar-refractivity contribution in [2.45, 2.75) is 37.5 Å². The summed E-state index contributed by atoms with van der Waals surface area (Å²) in [5.74, 6) is 0. The zero-order valence-electron chi connectivity index (χ0n) is 6.26. The van der Waals surface area contributed by atoms with Gasteiger partial charge in [-0.25, -0.2) is 4.79 Å². The molecule has 2 fully saturated rings. The summed E-state index contributed by atoms with van der Waals surface area (Å²) in [7, 11) is 0. The molecule has 3 N–H and O–H groups in total. The van der Waals surface area contributed by atoms with Crippen LogP contribution in [0.25, 0.3) is 0 Å². The second-order valence-corrected chi connectivity index (χ2v) is 3.42. The van der Waals surface area contributed by atoms with Crippen LogP contribution in [0.15, 0.2) is 0 Å². The highest BCUT2D eigenvalue weighted by atomic mass is 16.3. The van der Waals surface area contributed by atoms with Gasteiger partial charge in [0, 0.05) is 12.5 Å². The Balaban J connectivity index is 2.15. The average Bonchev–Trinajstić information content (AvgIpc) is 1.82. The Morgan fingerprint density at radius 1 is 1.64 bits per heavy atom. The van der Waals surface area contributed by atoms with Crippen molar-refractivity contribution in [1.29, 1.82) is 0 Å². The van der Waals surface area contributed by atoms with E-state index in [4.69, 9.17) is 0 Å². The van der Waals surface area contributed by atoms with E-state index in [0.29, 0.717) is 12.8 Å². The van der Waals surface area contributed by atoms with Crippen molar-refractivity contribution in [2.24, 2.45) is 0 Å². The van der Waals surface area contributed by atoms with Gasteiger partial charge in [0.2, 0.25) is 0 Å². The van der Waals surface area contributed by atoms with Crippen molar-refractivity contribution in [3.05, 3.63) is 0 Å². The van der Waals surface area contributed by atoms with Crippen LogP contribution in [0.3, 0.4) is 0 Å². The van der Waals surface area contributed by atoms with Crippen molar-refractivity contribution in [2.75, 3.05) is 0 Å². The van der Waals surface area contributed by atoms with E-state index in [1.54, 1.807) is 0 Å². The van der Waals surface area contributed by atoms with Crippen molar-refractivity contribution in [3.63, 3.8) is 0 Å². The maximum absolute atomic E-state index is 10.9. The molecule has 2 amide bonds. The third-order valence-electron chi connectivity index (χ3n) is 2.41. The van der Waals surface area contributed by atoms with Gasteiger partial charge in [-0.05, 0) is 19.3 Å². The molecule has 0 aromatic carbocycles. The summed E-state index contributed by atoms with van der Waals surface area (Å²) in [6.45, 7) is 0. The topological polar surface area (TPSA) is 61.4 Å². The zero-order chi connectivity index (χ0) is 7.90. The SMILES string of the molecule is O=C1NC2CCCC(O)(C2)N1. The van der Waals surface area contributed by atoms with Gasteiger partial charge in [-0.15, -0.1) is 0 Å². The summed E-state index contributed by atoms with van der Waals surface area (Å²) in [6.07, 6.45) is 3.32. The van der Waals surface area contributed by atoms with Crippen LogP contribution in [-0.2, 0) is 0 Å². The summed E-state index contributed by atoms with van der Waals surface area (Å²) < 4.78 is 0. The van der Waals surface area contributed by atoms with Gasteiger partial charge in [0.15, 0.2) is 0 Å². The lowest BCUT2D eigenvalue weighted by Gasteiger charge is -2.42. The minimum Gasteiger partial charge on any atom is -0.371 e. The Labute approximate surface area is 65.0 Å². The molecule has 0 aromatic heterocycles. The molecule has 2 aliphatic rings. The number of urea groups is 1. The summed E-state index contributed by atoms with van der Waals surface area (Å²) in [5, 5.41) is 15.0. The van der Waals surface area contributed by atoms with E-state index in [2.05, 4.69) is 10.6 Å². The van der Waals surface area contributed by atoms with Gasteiger partial charge in [0.05, 0.1) is 0 Å². The average molecular weight is 156 g/mol. The van der Waals surface area contributed by atoms with Crippen molar-refractivity contribution < 1.29 is 9.90 Å². The summed E-state index contributed by atoms with van der Waals surface area (Å²) >= 11 is 0. The molecule has 1 saturated carbocycles. The largest absolute Gasteiger partial charge is 0.371 e. The fourth-order valence-corrected chi connectivity index (χ4v) is 1.92. The molecule has 62 valence electrons. The number of fused-ring (bicyclic) bond motifs is 2. The number of hydrogen-bond donors (Lipinski definition) is 3. The predicted octanol–water partition coefficient (Wildman–Crippen LogP) is -0.0696. The van der Waals surface area contributed by atoms with E-state index < -0.39 is 5.72 Å². The number of rotatable bonds is 0. The van der Waals surface area contributed by atoms with E-state index in [1.165, 1.54) is 0 Å². The van der Waals surface area contributed by atoms with E-state index >= 15 is 0 Å². The van der Waals surface area contributed by atoms with Crippen LogP contribution < -0.4 is 10.6 Å². The predicted molar refractivity (Wildman–Crippen MR) is 38.9 cm³/mol. The van der Waals surface area contributed by atoms with Crippen LogP contribution >= 0.6 is 0 Å². The van der Waals surface area contributed by atoms with Gasteiger partial charge in [-0.1, -0.05) is 0 Å². The first-order valence-corrected chi connectivity index (χ1v) is 3.99. The molecule has 2 atom stereocenters. The maximum atomic E-state index is 10.9. The molecule has 4 nitrogen and oxygen atoms in total. The smallest absolute Gasteiger partial charge is 0.317 e. The Hall–Kier alpha value is -0.770. The second kappa shape index (κ2) is 2.11. The molecule has 2 rings (SSSR count). The Bertz CT molecular complexity index is 195.